The van der Waals surface area contributed by atoms with E-state index in [9.17, 15) is 4.79 Å². The standard InChI is InChI=1S/C17H15N5O2S/c1-17(2)8-11-12(9-24-17)25-15-13(11)14(23)21(10-6-4-3-5-7-10)16-18-19-20-22(15)16/h3-7H,8-9H2,1-2H3. The SMILES string of the molecule is CC1(C)Cc2c(sc3c2c(=O)n(-c2ccccc2)c2nnnn32)CO1. The molecule has 0 amide bonds. The van der Waals surface area contributed by atoms with Crippen molar-refractivity contribution in [2.45, 2.75) is 32.5 Å². The summed E-state index contributed by atoms with van der Waals surface area (Å²) in [4.78, 5) is 15.3. The lowest BCUT2D eigenvalue weighted by molar-refractivity contribution is -0.0379. The molecule has 0 saturated carbocycles. The lowest BCUT2D eigenvalue weighted by Crippen LogP contribution is -2.32. The second-order valence-corrected chi connectivity index (χ2v) is 7.86. The molecule has 5 rings (SSSR count). The summed E-state index contributed by atoms with van der Waals surface area (Å²) in [6.07, 6.45) is 0.694. The van der Waals surface area contributed by atoms with E-state index in [1.165, 1.54) is 11.3 Å². The van der Waals surface area contributed by atoms with Crippen LogP contribution >= 0.6 is 11.3 Å². The molecule has 0 saturated heterocycles. The number of nitrogens with zero attached hydrogens (tertiary/aromatic N) is 5. The lowest BCUT2D eigenvalue weighted by atomic mass is 9.94. The molecule has 1 aromatic carbocycles. The number of hydrogen-bond acceptors (Lipinski definition) is 6. The fraction of sp³-hybridized carbons (Fsp3) is 0.294. The highest BCUT2D eigenvalue weighted by atomic mass is 32.1. The van der Waals surface area contributed by atoms with Crippen molar-refractivity contribution < 1.29 is 4.74 Å². The summed E-state index contributed by atoms with van der Waals surface area (Å²) < 4.78 is 9.14. The molecule has 7 nitrogen and oxygen atoms in total. The van der Waals surface area contributed by atoms with Gasteiger partial charge in [0.15, 0.2) is 0 Å². The van der Waals surface area contributed by atoms with Crippen LogP contribution in [-0.2, 0) is 17.8 Å². The van der Waals surface area contributed by atoms with Crippen LogP contribution in [0.25, 0.3) is 21.7 Å². The maximum Gasteiger partial charge on any atom is 0.268 e. The minimum Gasteiger partial charge on any atom is -0.370 e. The summed E-state index contributed by atoms with van der Waals surface area (Å²) in [5.74, 6) is 0.419. The molecule has 1 aliphatic rings. The van der Waals surface area contributed by atoms with Crippen molar-refractivity contribution >= 4 is 27.3 Å². The Labute approximate surface area is 146 Å². The van der Waals surface area contributed by atoms with Gasteiger partial charge in [0.2, 0.25) is 0 Å². The van der Waals surface area contributed by atoms with Crippen molar-refractivity contribution in [3.63, 3.8) is 0 Å². The first-order chi connectivity index (χ1) is 12.1. The van der Waals surface area contributed by atoms with Crippen LogP contribution in [0.4, 0.5) is 0 Å². The van der Waals surface area contributed by atoms with E-state index in [1.54, 1.807) is 9.08 Å². The molecule has 0 fully saturated rings. The van der Waals surface area contributed by atoms with Crippen LogP contribution in [-0.4, -0.2) is 30.2 Å². The smallest absolute Gasteiger partial charge is 0.268 e. The number of para-hydroxylation sites is 1. The Kier molecular flexibility index (Phi) is 2.93. The van der Waals surface area contributed by atoms with Gasteiger partial charge in [0.1, 0.15) is 4.83 Å². The molecular weight excluding hydrogens is 338 g/mol. The largest absolute Gasteiger partial charge is 0.370 e. The summed E-state index contributed by atoms with van der Waals surface area (Å²) in [6.45, 7) is 4.60. The summed E-state index contributed by atoms with van der Waals surface area (Å²) in [5.41, 5.74) is 1.43. The minimum atomic E-state index is -0.291. The molecule has 8 heteroatoms. The fourth-order valence-corrected chi connectivity index (χ4v) is 4.54. The summed E-state index contributed by atoms with van der Waals surface area (Å²) >= 11 is 1.53. The zero-order chi connectivity index (χ0) is 17.2. The van der Waals surface area contributed by atoms with E-state index in [-0.39, 0.29) is 11.2 Å². The lowest BCUT2D eigenvalue weighted by Gasteiger charge is -2.29. The van der Waals surface area contributed by atoms with Gasteiger partial charge in [0, 0.05) is 11.3 Å². The van der Waals surface area contributed by atoms with Gasteiger partial charge >= 0.3 is 0 Å². The molecule has 0 aliphatic carbocycles. The first-order valence-corrected chi connectivity index (χ1v) is 8.83. The Morgan fingerprint density at radius 3 is 2.84 bits per heavy atom. The first kappa shape index (κ1) is 14.7. The highest BCUT2D eigenvalue weighted by Gasteiger charge is 2.32. The number of hydrogen-bond donors (Lipinski definition) is 0. The van der Waals surface area contributed by atoms with Crippen molar-refractivity contribution in [1.29, 1.82) is 0 Å². The van der Waals surface area contributed by atoms with Gasteiger partial charge in [0.05, 0.1) is 23.3 Å². The van der Waals surface area contributed by atoms with Gasteiger partial charge in [-0.25, -0.2) is 4.57 Å². The molecule has 4 heterocycles. The number of fused-ring (bicyclic) bond motifs is 5. The average molecular weight is 353 g/mol. The predicted molar refractivity (Wildman–Crippen MR) is 94.3 cm³/mol. The third kappa shape index (κ3) is 2.07. The molecule has 1 aliphatic heterocycles. The highest BCUT2D eigenvalue weighted by Crippen LogP contribution is 2.37. The Balaban J connectivity index is 1.94. The topological polar surface area (TPSA) is 74.3 Å². The monoisotopic (exact) mass is 353 g/mol. The van der Waals surface area contributed by atoms with Gasteiger partial charge < -0.3 is 4.74 Å². The number of thiophene rings is 1. The van der Waals surface area contributed by atoms with E-state index in [2.05, 4.69) is 15.5 Å². The molecular formula is C17H15N5O2S. The van der Waals surface area contributed by atoms with Gasteiger partial charge in [-0.2, -0.15) is 4.52 Å². The van der Waals surface area contributed by atoms with Crippen molar-refractivity contribution in [3.8, 4) is 5.69 Å². The number of aromatic nitrogens is 5. The minimum absolute atomic E-state index is 0.0845. The van der Waals surface area contributed by atoms with Crippen LogP contribution in [0.15, 0.2) is 35.1 Å². The van der Waals surface area contributed by atoms with Crippen LogP contribution in [0.2, 0.25) is 0 Å². The quantitative estimate of drug-likeness (QED) is 0.525. The van der Waals surface area contributed by atoms with E-state index < -0.39 is 0 Å². The van der Waals surface area contributed by atoms with Gasteiger partial charge in [-0.1, -0.05) is 23.3 Å². The maximum atomic E-state index is 13.4. The van der Waals surface area contributed by atoms with Crippen molar-refractivity contribution in [3.05, 3.63) is 51.1 Å². The second kappa shape index (κ2) is 4.96. The first-order valence-electron chi connectivity index (χ1n) is 8.02. The van der Waals surface area contributed by atoms with Crippen LogP contribution < -0.4 is 5.56 Å². The molecule has 0 radical (unpaired) electrons. The maximum absolute atomic E-state index is 13.4. The predicted octanol–water partition coefficient (Wildman–Crippen LogP) is 2.34. The summed E-state index contributed by atoms with van der Waals surface area (Å²) in [5, 5.41) is 12.7. The van der Waals surface area contributed by atoms with Gasteiger partial charge in [-0.05, 0) is 42.0 Å². The molecule has 126 valence electrons. The zero-order valence-electron chi connectivity index (χ0n) is 13.8. The highest BCUT2D eigenvalue weighted by molar-refractivity contribution is 7.18. The van der Waals surface area contributed by atoms with Crippen LogP contribution in [0.3, 0.4) is 0 Å². The van der Waals surface area contributed by atoms with Gasteiger partial charge in [-0.15, -0.1) is 11.3 Å². The van der Waals surface area contributed by atoms with Crippen molar-refractivity contribution in [2.24, 2.45) is 0 Å². The van der Waals surface area contributed by atoms with E-state index in [4.69, 9.17) is 4.74 Å². The Bertz CT molecular complexity index is 1170. The second-order valence-electron chi connectivity index (χ2n) is 6.78. The third-order valence-electron chi connectivity index (χ3n) is 4.55. The van der Waals surface area contributed by atoms with Crippen LogP contribution in [0.1, 0.15) is 24.3 Å². The average Bonchev–Trinajstić information content (AvgIpc) is 3.19. The Morgan fingerprint density at radius 1 is 1.24 bits per heavy atom. The number of tetrazole rings is 1. The van der Waals surface area contributed by atoms with Gasteiger partial charge in [-0.3, -0.25) is 4.79 Å². The van der Waals surface area contributed by atoms with E-state index >= 15 is 0 Å². The molecule has 0 atom stereocenters. The normalized spacial score (nSPS) is 16.4. The molecule has 0 N–H and O–H groups in total. The molecule has 0 unspecified atom stereocenters. The Morgan fingerprint density at radius 2 is 2.04 bits per heavy atom. The zero-order valence-corrected chi connectivity index (χ0v) is 14.6. The van der Waals surface area contributed by atoms with Crippen molar-refractivity contribution in [1.82, 2.24) is 24.6 Å². The van der Waals surface area contributed by atoms with E-state index in [1.807, 2.05) is 44.2 Å². The fourth-order valence-electron chi connectivity index (χ4n) is 3.37. The summed E-state index contributed by atoms with van der Waals surface area (Å²) in [6, 6.07) is 9.47. The number of ether oxygens (including phenoxy) is 1. The molecule has 25 heavy (non-hydrogen) atoms. The molecule has 3 aromatic heterocycles. The van der Waals surface area contributed by atoms with Gasteiger partial charge in [0.25, 0.3) is 11.3 Å². The molecule has 0 spiro atoms. The van der Waals surface area contributed by atoms with E-state index in [0.29, 0.717) is 24.2 Å². The molecule has 0 bridgehead atoms. The van der Waals surface area contributed by atoms with E-state index in [0.717, 1.165) is 21.0 Å². The third-order valence-corrected chi connectivity index (χ3v) is 5.73. The summed E-state index contributed by atoms with van der Waals surface area (Å²) in [7, 11) is 0. The Hall–Kier alpha value is -2.58. The number of rotatable bonds is 1. The van der Waals surface area contributed by atoms with Crippen molar-refractivity contribution in [2.75, 3.05) is 0 Å². The van der Waals surface area contributed by atoms with Crippen LogP contribution in [0.5, 0.6) is 0 Å². The number of benzene rings is 1. The van der Waals surface area contributed by atoms with Crippen LogP contribution in [0, 0.1) is 0 Å². The molecule has 4 aromatic rings.